The molecule has 0 saturated carbocycles. The van der Waals surface area contributed by atoms with Crippen LogP contribution in [0.5, 0.6) is 5.75 Å². The average Bonchev–Trinajstić information content (AvgIpc) is 3.03. The molecular weight excluding hydrogens is 641 g/mol. The zero-order valence-corrected chi connectivity index (χ0v) is 25.8. The van der Waals surface area contributed by atoms with E-state index < -0.39 is 21.4 Å². The van der Waals surface area contributed by atoms with Gasteiger partial charge in [0, 0.05) is 61.0 Å². The van der Waals surface area contributed by atoms with Crippen molar-refractivity contribution in [3.05, 3.63) is 127 Å². The smallest absolute Gasteiger partial charge is 0.339 e. The van der Waals surface area contributed by atoms with Crippen LogP contribution in [0.25, 0.3) is 10.8 Å². The van der Waals surface area contributed by atoms with Gasteiger partial charge in [-0.05, 0) is 48.0 Å². The Hall–Kier alpha value is -4.65. The summed E-state index contributed by atoms with van der Waals surface area (Å²) in [5, 5.41) is 1.81. The number of rotatable bonds is 7. The molecule has 1 aliphatic rings. The molecule has 1 N–H and O–H groups in total. The van der Waals surface area contributed by atoms with E-state index in [0.717, 1.165) is 0 Å². The molecule has 0 atom stereocenters. The molecule has 1 aliphatic heterocycles. The van der Waals surface area contributed by atoms with Gasteiger partial charge in [-0.3, -0.25) is 24.1 Å². The van der Waals surface area contributed by atoms with Gasteiger partial charge in [0.05, 0.1) is 16.6 Å². The number of nitrogens with one attached hydrogen (secondary N) is 1. The lowest BCUT2D eigenvalue weighted by atomic mass is 10.1. The van der Waals surface area contributed by atoms with Gasteiger partial charge in [0.2, 0.25) is 0 Å². The number of aromatic amines is 1. The first-order valence-corrected chi connectivity index (χ1v) is 15.9. The predicted molar refractivity (Wildman–Crippen MR) is 171 cm³/mol. The summed E-state index contributed by atoms with van der Waals surface area (Å²) in [6.07, 6.45) is 3.09. The van der Waals surface area contributed by atoms with Gasteiger partial charge in [0.15, 0.2) is 0 Å². The molecule has 0 bridgehead atoms. The number of pyridine rings is 1. The fourth-order valence-electron chi connectivity index (χ4n) is 5.19. The van der Waals surface area contributed by atoms with E-state index in [4.69, 9.17) is 27.4 Å². The van der Waals surface area contributed by atoms with Crippen LogP contribution in [0.3, 0.4) is 0 Å². The average molecular weight is 667 g/mol. The number of carbonyl (C=O) groups excluding carboxylic acids is 1. The van der Waals surface area contributed by atoms with Crippen LogP contribution >= 0.6 is 23.2 Å². The SMILES string of the molecule is O=C(c1ccc(Cl)c(Cl)c1)N1CCN(c2cc(=O)[nH]c(=O)n2Cc2ccc(OS(=O)(=O)c3cccc4cnccc34)cc2)CC1. The zero-order chi connectivity index (χ0) is 31.7. The van der Waals surface area contributed by atoms with Gasteiger partial charge in [0.25, 0.3) is 11.5 Å². The lowest BCUT2D eigenvalue weighted by Gasteiger charge is -2.36. The summed E-state index contributed by atoms with van der Waals surface area (Å²) in [5.74, 6) is 0.304. The topological polar surface area (TPSA) is 135 Å². The first kappa shape index (κ1) is 30.4. The third-order valence-electron chi connectivity index (χ3n) is 7.45. The van der Waals surface area contributed by atoms with E-state index in [9.17, 15) is 22.8 Å². The molecule has 14 heteroatoms. The maximum atomic E-state index is 13.1. The molecule has 5 aromatic rings. The highest BCUT2D eigenvalue weighted by atomic mass is 35.5. The highest BCUT2D eigenvalue weighted by Crippen LogP contribution is 2.27. The van der Waals surface area contributed by atoms with Crippen molar-refractivity contribution in [2.45, 2.75) is 11.4 Å². The van der Waals surface area contributed by atoms with Crippen LogP contribution in [0.1, 0.15) is 15.9 Å². The Morgan fingerprint density at radius 2 is 1.67 bits per heavy atom. The van der Waals surface area contributed by atoms with Crippen LogP contribution < -0.4 is 20.3 Å². The third-order valence-corrected chi connectivity index (χ3v) is 9.50. The van der Waals surface area contributed by atoms with Crippen LogP contribution in [-0.4, -0.2) is 59.9 Å². The van der Waals surface area contributed by atoms with Crippen LogP contribution in [0.4, 0.5) is 5.82 Å². The van der Waals surface area contributed by atoms with Gasteiger partial charge in [-0.25, -0.2) is 4.79 Å². The molecule has 0 unspecified atom stereocenters. The van der Waals surface area contributed by atoms with Crippen LogP contribution in [0, 0.1) is 0 Å². The number of halogens is 2. The molecule has 1 saturated heterocycles. The number of benzene rings is 3. The quantitative estimate of drug-likeness (QED) is 0.256. The number of piperazine rings is 1. The first-order chi connectivity index (χ1) is 21.6. The van der Waals surface area contributed by atoms with E-state index in [2.05, 4.69) is 9.97 Å². The largest absolute Gasteiger partial charge is 0.379 e. The monoisotopic (exact) mass is 665 g/mol. The van der Waals surface area contributed by atoms with Gasteiger partial charge in [-0.15, -0.1) is 0 Å². The maximum Gasteiger partial charge on any atom is 0.339 e. The van der Waals surface area contributed by atoms with Crippen molar-refractivity contribution in [1.82, 2.24) is 19.4 Å². The summed E-state index contributed by atoms with van der Waals surface area (Å²) < 4.78 is 33.0. The molecule has 3 aromatic carbocycles. The van der Waals surface area contributed by atoms with Gasteiger partial charge >= 0.3 is 15.8 Å². The molecule has 0 aliphatic carbocycles. The number of anilines is 1. The third kappa shape index (κ3) is 6.44. The van der Waals surface area contributed by atoms with E-state index in [-0.39, 0.29) is 28.1 Å². The second-order valence-electron chi connectivity index (χ2n) is 10.3. The number of hydrogen-bond donors (Lipinski definition) is 1. The van der Waals surface area contributed by atoms with Crippen LogP contribution in [0.2, 0.25) is 10.0 Å². The first-order valence-electron chi connectivity index (χ1n) is 13.8. The van der Waals surface area contributed by atoms with E-state index in [1.807, 2.05) is 4.90 Å². The highest BCUT2D eigenvalue weighted by molar-refractivity contribution is 7.87. The summed E-state index contributed by atoms with van der Waals surface area (Å²) in [6, 6.07) is 18.8. The molecule has 1 fully saturated rings. The summed E-state index contributed by atoms with van der Waals surface area (Å²) >= 11 is 12.1. The lowest BCUT2D eigenvalue weighted by Crippen LogP contribution is -2.50. The van der Waals surface area contributed by atoms with E-state index in [1.165, 1.54) is 41.1 Å². The maximum absolute atomic E-state index is 13.1. The Kier molecular flexibility index (Phi) is 8.36. The summed E-state index contributed by atoms with van der Waals surface area (Å²) in [5.41, 5.74) is -0.0562. The summed E-state index contributed by atoms with van der Waals surface area (Å²) in [4.78, 5) is 48.1. The second kappa shape index (κ2) is 12.4. The molecule has 0 radical (unpaired) electrons. The minimum atomic E-state index is -4.15. The Morgan fingerprint density at radius 1 is 0.911 bits per heavy atom. The molecule has 1 amide bonds. The molecule has 2 aromatic heterocycles. The van der Waals surface area contributed by atoms with Gasteiger partial charge in [-0.1, -0.05) is 47.5 Å². The molecule has 3 heterocycles. The minimum absolute atomic E-state index is 0.0228. The normalized spacial score (nSPS) is 13.6. The van der Waals surface area contributed by atoms with E-state index >= 15 is 0 Å². The van der Waals surface area contributed by atoms with Gasteiger partial charge in [-0.2, -0.15) is 8.42 Å². The highest BCUT2D eigenvalue weighted by Gasteiger charge is 2.25. The Morgan fingerprint density at radius 3 is 2.40 bits per heavy atom. The van der Waals surface area contributed by atoms with Crippen LogP contribution in [0.15, 0.2) is 99.7 Å². The lowest BCUT2D eigenvalue weighted by molar-refractivity contribution is 0.0746. The number of nitrogens with zero attached hydrogens (tertiary/aromatic N) is 4. The van der Waals surface area contributed by atoms with Crippen molar-refractivity contribution < 1.29 is 17.4 Å². The number of hydrogen-bond acceptors (Lipinski definition) is 8. The molecule has 230 valence electrons. The predicted octanol–water partition coefficient (Wildman–Crippen LogP) is 4.17. The summed E-state index contributed by atoms with van der Waals surface area (Å²) in [6.45, 7) is 1.56. The van der Waals surface area contributed by atoms with Crippen molar-refractivity contribution in [1.29, 1.82) is 0 Å². The van der Waals surface area contributed by atoms with Crippen molar-refractivity contribution in [2.24, 2.45) is 0 Å². The van der Waals surface area contributed by atoms with Crippen molar-refractivity contribution in [3.63, 3.8) is 0 Å². The fraction of sp³-hybridized carbons (Fsp3) is 0.161. The second-order valence-corrected chi connectivity index (χ2v) is 12.7. The van der Waals surface area contributed by atoms with Crippen molar-refractivity contribution >= 4 is 55.8 Å². The standard InChI is InChI=1S/C31H25Cl2N5O6S/c32-25-9-6-21(16-26(25)33)30(40)37-14-12-36(13-15-37)29-17-28(39)35-31(41)38(29)19-20-4-7-23(8-5-20)44-45(42,43)27-3-1-2-22-18-34-11-10-24(22)27/h1-11,16-18H,12-15,19H2,(H,35,39,41). The number of H-pyrrole nitrogens is 1. The fourth-order valence-corrected chi connectivity index (χ4v) is 6.64. The Bertz CT molecular complexity index is 2140. The molecule has 11 nitrogen and oxygen atoms in total. The number of aromatic nitrogens is 3. The Balaban J connectivity index is 1.17. The van der Waals surface area contributed by atoms with Gasteiger partial charge in [0.1, 0.15) is 16.5 Å². The van der Waals surface area contributed by atoms with Crippen LogP contribution in [-0.2, 0) is 16.7 Å². The number of carbonyl (C=O) groups is 1. The van der Waals surface area contributed by atoms with Crippen molar-refractivity contribution in [2.75, 3.05) is 31.1 Å². The molecular formula is C31H25Cl2N5O6S. The van der Waals surface area contributed by atoms with Crippen molar-refractivity contribution in [3.8, 4) is 5.75 Å². The molecule has 0 spiro atoms. The molecule has 45 heavy (non-hydrogen) atoms. The molecule has 6 rings (SSSR count). The van der Waals surface area contributed by atoms with E-state index in [0.29, 0.717) is 58.9 Å². The van der Waals surface area contributed by atoms with Gasteiger partial charge < -0.3 is 14.0 Å². The zero-order valence-electron chi connectivity index (χ0n) is 23.5. The van der Waals surface area contributed by atoms with E-state index in [1.54, 1.807) is 53.6 Å². The number of amides is 1. The minimum Gasteiger partial charge on any atom is -0.379 e. The Labute approximate surface area is 267 Å². The number of fused-ring (bicyclic) bond motifs is 1. The summed E-state index contributed by atoms with van der Waals surface area (Å²) in [7, 11) is -4.15.